The van der Waals surface area contributed by atoms with Gasteiger partial charge in [0.2, 0.25) is 10.0 Å². The van der Waals surface area contributed by atoms with Crippen molar-refractivity contribution in [2.45, 2.75) is 13.3 Å². The summed E-state index contributed by atoms with van der Waals surface area (Å²) >= 11 is 0. The Hall–Kier alpha value is -1.80. The molecule has 0 aromatic heterocycles. The van der Waals surface area contributed by atoms with Gasteiger partial charge in [0, 0.05) is 13.1 Å². The molecule has 0 aliphatic heterocycles. The van der Waals surface area contributed by atoms with Gasteiger partial charge in [-0.3, -0.25) is 4.99 Å². The molecule has 0 saturated carbocycles. The number of benzene rings is 1. The van der Waals surface area contributed by atoms with E-state index in [0.717, 1.165) is 17.7 Å². The molecule has 124 valence electrons. The van der Waals surface area contributed by atoms with Gasteiger partial charge >= 0.3 is 0 Å². The number of aliphatic imine (C=N–C) groups is 1. The lowest BCUT2D eigenvalue weighted by atomic mass is 10.1. The maximum absolute atomic E-state index is 10.9. The van der Waals surface area contributed by atoms with E-state index in [1.54, 1.807) is 7.11 Å². The van der Waals surface area contributed by atoms with Crippen LogP contribution in [0.2, 0.25) is 0 Å². The number of nitrogens with zero attached hydrogens (tertiary/aromatic N) is 1. The molecule has 0 aliphatic carbocycles. The Bertz CT molecular complexity index is 588. The van der Waals surface area contributed by atoms with Crippen molar-refractivity contribution < 1.29 is 13.2 Å². The molecule has 22 heavy (non-hydrogen) atoms. The number of guanidine groups is 1. The highest BCUT2D eigenvalue weighted by Gasteiger charge is 2.04. The van der Waals surface area contributed by atoms with E-state index in [2.05, 4.69) is 15.6 Å². The molecule has 0 radical (unpaired) electrons. The summed E-state index contributed by atoms with van der Waals surface area (Å²) < 4.78 is 27.1. The SMILES string of the molecule is CCNC(=NCCS(N)(=O)=O)NCCc1ccccc1OC. The smallest absolute Gasteiger partial charge is 0.210 e. The van der Waals surface area contributed by atoms with Crippen LogP contribution >= 0.6 is 0 Å². The lowest BCUT2D eigenvalue weighted by Gasteiger charge is -2.12. The van der Waals surface area contributed by atoms with Gasteiger partial charge in [0.1, 0.15) is 5.75 Å². The quantitative estimate of drug-likeness (QED) is 0.463. The van der Waals surface area contributed by atoms with E-state index in [1.807, 2.05) is 31.2 Å². The molecule has 0 aliphatic rings. The molecule has 1 aromatic rings. The van der Waals surface area contributed by atoms with Crippen molar-refractivity contribution in [3.63, 3.8) is 0 Å². The molecule has 0 atom stereocenters. The van der Waals surface area contributed by atoms with Crippen LogP contribution in [0.25, 0.3) is 0 Å². The third-order valence-corrected chi connectivity index (χ3v) is 3.62. The first-order valence-corrected chi connectivity index (χ1v) is 8.82. The van der Waals surface area contributed by atoms with Crippen molar-refractivity contribution in [1.82, 2.24) is 10.6 Å². The molecule has 1 aromatic carbocycles. The topological polar surface area (TPSA) is 106 Å². The summed E-state index contributed by atoms with van der Waals surface area (Å²) in [7, 11) is -1.84. The summed E-state index contributed by atoms with van der Waals surface area (Å²) in [5.74, 6) is 1.25. The number of hydrogen-bond donors (Lipinski definition) is 3. The van der Waals surface area contributed by atoms with Crippen LogP contribution < -0.4 is 20.5 Å². The number of methoxy groups -OCH3 is 1. The molecule has 0 unspecified atom stereocenters. The third kappa shape index (κ3) is 7.28. The van der Waals surface area contributed by atoms with E-state index in [1.165, 1.54) is 0 Å². The van der Waals surface area contributed by atoms with Gasteiger partial charge in [-0.25, -0.2) is 13.6 Å². The molecule has 0 fully saturated rings. The average molecular weight is 328 g/mol. The van der Waals surface area contributed by atoms with Crippen molar-refractivity contribution in [2.75, 3.05) is 32.5 Å². The van der Waals surface area contributed by atoms with Crippen LogP contribution in [-0.4, -0.2) is 46.9 Å². The van der Waals surface area contributed by atoms with Crippen LogP contribution in [0.5, 0.6) is 5.75 Å². The maximum atomic E-state index is 10.9. The van der Waals surface area contributed by atoms with Crippen LogP contribution in [0.15, 0.2) is 29.3 Å². The zero-order chi connectivity index (χ0) is 16.4. The van der Waals surface area contributed by atoms with Crippen molar-refractivity contribution in [2.24, 2.45) is 10.1 Å². The number of nitrogens with one attached hydrogen (secondary N) is 2. The molecular weight excluding hydrogens is 304 g/mol. The number of nitrogens with two attached hydrogens (primary N) is 1. The van der Waals surface area contributed by atoms with Crippen molar-refractivity contribution in [3.8, 4) is 5.75 Å². The first-order valence-electron chi connectivity index (χ1n) is 7.11. The Morgan fingerprint density at radius 1 is 1.32 bits per heavy atom. The minimum absolute atomic E-state index is 0.128. The van der Waals surface area contributed by atoms with Crippen LogP contribution in [-0.2, 0) is 16.4 Å². The van der Waals surface area contributed by atoms with Gasteiger partial charge in [0.15, 0.2) is 5.96 Å². The van der Waals surface area contributed by atoms with Gasteiger partial charge in [-0.05, 0) is 25.0 Å². The van der Waals surface area contributed by atoms with Gasteiger partial charge in [0.05, 0.1) is 19.4 Å². The van der Waals surface area contributed by atoms with Crippen LogP contribution in [0, 0.1) is 0 Å². The minimum atomic E-state index is -3.49. The van der Waals surface area contributed by atoms with Gasteiger partial charge in [-0.15, -0.1) is 0 Å². The predicted octanol–water partition coefficient (Wildman–Crippen LogP) is 0.0813. The first kappa shape index (κ1) is 18.2. The van der Waals surface area contributed by atoms with E-state index < -0.39 is 10.0 Å². The summed E-state index contributed by atoms with van der Waals surface area (Å²) in [6.45, 7) is 3.41. The Kier molecular flexibility index (Phi) is 7.69. The van der Waals surface area contributed by atoms with Crippen LogP contribution in [0.4, 0.5) is 0 Å². The highest BCUT2D eigenvalue weighted by Crippen LogP contribution is 2.17. The number of hydrogen-bond acceptors (Lipinski definition) is 4. The number of para-hydroxylation sites is 1. The largest absolute Gasteiger partial charge is 0.496 e. The Morgan fingerprint density at radius 3 is 2.68 bits per heavy atom. The highest BCUT2D eigenvalue weighted by molar-refractivity contribution is 7.89. The molecule has 0 amide bonds. The maximum Gasteiger partial charge on any atom is 0.210 e. The fraction of sp³-hybridized carbons (Fsp3) is 0.500. The molecule has 1 rings (SSSR count). The van der Waals surface area contributed by atoms with E-state index in [4.69, 9.17) is 9.88 Å². The number of ether oxygens (including phenoxy) is 1. The summed E-state index contributed by atoms with van der Waals surface area (Å²) in [6, 6.07) is 7.81. The number of rotatable bonds is 8. The minimum Gasteiger partial charge on any atom is -0.496 e. The summed E-state index contributed by atoms with van der Waals surface area (Å²) in [5, 5.41) is 11.2. The van der Waals surface area contributed by atoms with Crippen molar-refractivity contribution in [1.29, 1.82) is 0 Å². The molecule has 7 nitrogen and oxygen atoms in total. The van der Waals surface area contributed by atoms with E-state index >= 15 is 0 Å². The molecular formula is C14H24N4O3S. The highest BCUT2D eigenvalue weighted by atomic mass is 32.2. The summed E-state index contributed by atoms with van der Waals surface area (Å²) in [6.07, 6.45) is 0.767. The molecule has 0 spiro atoms. The van der Waals surface area contributed by atoms with Gasteiger partial charge in [-0.2, -0.15) is 0 Å². The summed E-state index contributed by atoms with van der Waals surface area (Å²) in [5.41, 5.74) is 1.10. The van der Waals surface area contributed by atoms with E-state index in [0.29, 0.717) is 19.0 Å². The van der Waals surface area contributed by atoms with Crippen LogP contribution in [0.3, 0.4) is 0 Å². The van der Waals surface area contributed by atoms with Crippen molar-refractivity contribution in [3.05, 3.63) is 29.8 Å². The molecule has 0 bridgehead atoms. The lowest BCUT2D eigenvalue weighted by Crippen LogP contribution is -2.38. The fourth-order valence-electron chi connectivity index (χ4n) is 1.85. The third-order valence-electron chi connectivity index (χ3n) is 2.87. The second-order valence-corrected chi connectivity index (χ2v) is 6.35. The standard InChI is InChI=1S/C14H24N4O3S/c1-3-16-14(18-10-11-22(15,19)20)17-9-8-12-6-4-5-7-13(12)21-2/h4-7H,3,8-11H2,1-2H3,(H2,15,19,20)(H2,16,17,18). The van der Waals surface area contributed by atoms with Gasteiger partial charge in [-0.1, -0.05) is 18.2 Å². The second-order valence-electron chi connectivity index (χ2n) is 4.62. The Labute approximate surface area is 132 Å². The zero-order valence-electron chi connectivity index (χ0n) is 13.0. The van der Waals surface area contributed by atoms with E-state index in [9.17, 15) is 8.42 Å². The monoisotopic (exact) mass is 328 g/mol. The lowest BCUT2D eigenvalue weighted by molar-refractivity contribution is 0.409. The second kappa shape index (κ2) is 9.26. The number of sulfonamides is 1. The van der Waals surface area contributed by atoms with Crippen molar-refractivity contribution >= 4 is 16.0 Å². The average Bonchev–Trinajstić information content (AvgIpc) is 2.46. The molecule has 8 heteroatoms. The van der Waals surface area contributed by atoms with Crippen LogP contribution in [0.1, 0.15) is 12.5 Å². The molecule has 4 N–H and O–H groups in total. The van der Waals surface area contributed by atoms with E-state index in [-0.39, 0.29) is 12.3 Å². The summed E-state index contributed by atoms with van der Waals surface area (Å²) in [4.78, 5) is 4.18. The Balaban J connectivity index is 2.52. The van der Waals surface area contributed by atoms with Gasteiger partial charge < -0.3 is 15.4 Å². The normalized spacial score (nSPS) is 12.0. The first-order chi connectivity index (χ1) is 10.5. The predicted molar refractivity (Wildman–Crippen MR) is 88.7 cm³/mol. The Morgan fingerprint density at radius 2 is 2.05 bits per heavy atom. The zero-order valence-corrected chi connectivity index (χ0v) is 13.8. The fourth-order valence-corrected chi connectivity index (χ4v) is 2.20. The molecule has 0 heterocycles. The van der Waals surface area contributed by atoms with Gasteiger partial charge in [0.25, 0.3) is 0 Å². The molecule has 0 saturated heterocycles. The number of primary sulfonamides is 1.